The fourth-order valence-corrected chi connectivity index (χ4v) is 19.8. The molecule has 0 spiro atoms. The number of hydrogen-bond acceptors (Lipinski definition) is 24. The summed E-state index contributed by atoms with van der Waals surface area (Å²) in [6.07, 6.45) is 8.89. The van der Waals surface area contributed by atoms with Crippen LogP contribution in [0.15, 0.2) is 217 Å². The number of benzene rings is 11. The Balaban J connectivity index is 0.000000243. The number of carboxylic acid groups (broad SMARTS) is 2. The molecule has 4 heterocycles. The van der Waals surface area contributed by atoms with Crippen molar-refractivity contribution in [1.82, 2.24) is 46.1 Å². The van der Waals surface area contributed by atoms with Crippen LogP contribution >= 0.6 is 139 Å². The molecule has 0 fully saturated rings. The van der Waals surface area contributed by atoms with Crippen LogP contribution in [0, 0.1) is 15.4 Å². The minimum absolute atomic E-state index is 0. The first kappa shape index (κ1) is 123. The van der Waals surface area contributed by atoms with E-state index < -0.39 is 97.9 Å². The predicted octanol–water partition coefficient (Wildman–Crippen LogP) is 14.8. The predicted molar refractivity (Wildman–Crippen MR) is 564 cm³/mol. The molecule has 46 heteroatoms. The number of aromatic carboxylic acids is 1. The zero-order chi connectivity index (χ0) is 105. The first-order chi connectivity index (χ1) is 67.8. The molecule has 0 saturated carbocycles. The smallest absolute Gasteiger partial charge is 1.00 e. The molecular weight excluding hydrogens is 2360 g/mol. The molecular formula is C100H91Cl10I2LiN10O21S2. The topological polar surface area (TPSA) is 499 Å². The fourth-order valence-electron chi connectivity index (χ4n) is 14.0. The normalized spacial score (nSPS) is 12.1. The van der Waals surface area contributed by atoms with Crippen molar-refractivity contribution >= 4 is 244 Å². The van der Waals surface area contributed by atoms with Crippen molar-refractivity contribution < 1.29 is 143 Å². The molecule has 13 N–H and O–H groups in total. The van der Waals surface area contributed by atoms with Gasteiger partial charge in [0.05, 0.1) is 181 Å². The third kappa shape index (κ3) is 34.4. The second kappa shape index (κ2) is 57.0. The maximum atomic E-state index is 13.0. The van der Waals surface area contributed by atoms with E-state index in [1.165, 1.54) is 70.9 Å². The van der Waals surface area contributed by atoms with Gasteiger partial charge in [-0.3, -0.25) is 30.0 Å². The van der Waals surface area contributed by atoms with Gasteiger partial charge in [0.25, 0.3) is 5.91 Å². The number of ether oxygens (including phenoxy) is 4. The van der Waals surface area contributed by atoms with Crippen LogP contribution in [0.1, 0.15) is 159 Å². The number of rotatable bonds is 27. The number of fused-ring (bicyclic) bond motifs is 4. The van der Waals surface area contributed by atoms with Crippen LogP contribution in [0.25, 0.3) is 43.6 Å². The maximum absolute atomic E-state index is 13.0. The van der Waals surface area contributed by atoms with Crippen LogP contribution in [0.2, 0.25) is 50.2 Å². The van der Waals surface area contributed by atoms with Crippen molar-refractivity contribution in [3.05, 3.63) is 344 Å². The number of nitrogens with one attached hydrogen (secondary N) is 5. The average molecular weight is 2450 g/mol. The van der Waals surface area contributed by atoms with Gasteiger partial charge in [-0.2, -0.15) is 20.4 Å². The Bertz CT molecular complexity index is 7450. The van der Waals surface area contributed by atoms with E-state index in [9.17, 15) is 75.9 Å². The number of esters is 4. The number of methoxy groups -OCH3 is 4. The number of nitrogens with two attached hydrogens (primary N) is 1. The van der Waals surface area contributed by atoms with Gasteiger partial charge in [0.15, 0.2) is 19.7 Å². The number of carboxylic acids is 2. The first-order valence-corrected chi connectivity index (χ1v) is 50.9. The van der Waals surface area contributed by atoms with Crippen LogP contribution < -0.4 is 53.9 Å². The Kier molecular flexibility index (Phi) is 47.9. The van der Waals surface area contributed by atoms with E-state index in [4.69, 9.17) is 127 Å². The largest absolute Gasteiger partial charge is 1.00 e. The minimum Gasteiger partial charge on any atom is -1.00 e. The van der Waals surface area contributed by atoms with Crippen molar-refractivity contribution in [2.45, 2.75) is 105 Å². The number of aliphatic hydroxyl groups is 4. The maximum Gasteiger partial charge on any atom is 1.00 e. The van der Waals surface area contributed by atoms with Gasteiger partial charge in [0, 0.05) is 49.6 Å². The molecule has 0 radical (unpaired) electrons. The van der Waals surface area contributed by atoms with Crippen LogP contribution in [0.3, 0.4) is 0 Å². The van der Waals surface area contributed by atoms with Crippen molar-refractivity contribution in [3.63, 3.8) is 0 Å². The van der Waals surface area contributed by atoms with Crippen LogP contribution in [-0.4, -0.2) is 183 Å². The number of aliphatic carboxylic acids is 1. The zero-order valence-corrected chi connectivity index (χ0v) is 90.8. The van der Waals surface area contributed by atoms with Gasteiger partial charge in [-0.05, 0) is 227 Å². The van der Waals surface area contributed by atoms with Gasteiger partial charge in [-0.15, -0.1) is 0 Å². The van der Waals surface area contributed by atoms with E-state index in [1.54, 1.807) is 104 Å². The summed E-state index contributed by atoms with van der Waals surface area (Å²) >= 11 is 62.8. The van der Waals surface area contributed by atoms with Crippen LogP contribution in [0.5, 0.6) is 0 Å². The number of halogens is 12. The van der Waals surface area contributed by atoms with Crippen molar-refractivity contribution in [3.8, 4) is 11.8 Å². The molecule has 4 aromatic heterocycles. The van der Waals surface area contributed by atoms with Gasteiger partial charge in [-0.1, -0.05) is 208 Å². The summed E-state index contributed by atoms with van der Waals surface area (Å²) in [7, 11) is -1.67. The molecule has 15 aromatic rings. The van der Waals surface area contributed by atoms with Crippen LogP contribution in [0.4, 0.5) is 0 Å². The second-order valence-corrected chi connectivity index (χ2v) is 40.9. The van der Waals surface area contributed by atoms with Gasteiger partial charge in [-0.25, -0.2) is 40.8 Å². The fraction of sp³-hybridized carbons (Fsp3) is 0.210. The number of sulfone groups is 2. The van der Waals surface area contributed by atoms with Crippen molar-refractivity contribution in [2.75, 3.05) is 41.0 Å². The molecule has 0 saturated heterocycles. The summed E-state index contributed by atoms with van der Waals surface area (Å²) in [5.74, 6) is 0.0427. The van der Waals surface area contributed by atoms with E-state index in [0.717, 1.165) is 87.5 Å². The van der Waals surface area contributed by atoms with E-state index >= 15 is 0 Å². The van der Waals surface area contributed by atoms with Crippen molar-refractivity contribution in [2.24, 2.45) is 5.73 Å². The monoisotopic (exact) mass is 2440 g/mol. The van der Waals surface area contributed by atoms with Gasteiger partial charge >= 0.3 is 54.7 Å². The molecule has 1 amide bonds. The summed E-state index contributed by atoms with van der Waals surface area (Å²) in [5.41, 5.74) is 16.1. The Morgan fingerprint density at radius 3 is 1.05 bits per heavy atom. The van der Waals surface area contributed by atoms with E-state index in [-0.39, 0.29) is 141 Å². The number of aromatic amines is 4. The van der Waals surface area contributed by atoms with E-state index in [0.29, 0.717) is 76.4 Å². The number of aryl methyl sites for hydroxylation is 3. The third-order valence-electron chi connectivity index (χ3n) is 21.4. The number of amides is 1. The Morgan fingerprint density at radius 2 is 0.726 bits per heavy atom. The summed E-state index contributed by atoms with van der Waals surface area (Å²) < 4.78 is 65.5. The zero-order valence-electron chi connectivity index (χ0n) is 77.3. The van der Waals surface area contributed by atoms with Gasteiger partial charge < -0.3 is 84.6 Å². The number of H-pyrrole nitrogens is 4. The average Bonchev–Trinajstić information content (AvgIpc) is 1.14. The quantitative estimate of drug-likeness (QED) is 0.00748. The first-order valence-electron chi connectivity index (χ1n) is 42.2. The summed E-state index contributed by atoms with van der Waals surface area (Å²) in [6, 6.07) is 48.2. The molecule has 0 aliphatic carbocycles. The SMILES string of the molecule is C.COC(=O)[C@@H](N)Cc1cccc(S(C)(=O)=O)c1.COC(=O)c1c(Cl)cc(C#CC(O)c2ccc3cn[nH]c3c2)cc1Cl.COC(=O)c1c(Cl)cc(CCC(O)c2ccc3cn[nH]c3c2)cc1Cl.COC(=O)c1c(Cl)cc(I)cc1Cl.CS(=O)(=O)c1cccc(C[C@H](NC(=O)c2c(Cl)cc(CCC(O)c3ccc4cn[nH]c4c3)cc2Cl)C(=O)O)c1.O=C(O)c1c(Cl)cc(CCC(O)c2ccc3cn[nH]c3c2)cc1Cl.[I-].[Li+]. The molecule has 11 aromatic carbocycles. The van der Waals surface area contributed by atoms with Gasteiger partial charge in [0.2, 0.25) is 0 Å². The van der Waals surface area contributed by atoms with Crippen LogP contribution in [-0.2, 0) is 80.3 Å². The number of carbonyl (C=O) groups is 7. The standard InChI is InChI=1S/C27H25Cl2N3O6S.C18H16Cl2N2O3.C18H12Cl2N2O3.C17H14Cl2N2O3.C11H15NO4S.C8H5Cl2IO2.CH4.HI.Li/c1-39(37,38)19-4-2-3-15(9-19)12-23(27(35)36)31-26(34)25-20(28)10-16(11-21(25)29)5-8-24(33)17-6-7-18-14-30-32-22(18)13-17;2*1-25-18(24)17-13(19)6-10(7-14(17)20)2-5-16(23)11-3-4-12-9-21-22-15(12)8-11;18-12-5-9(6-13(19)16(12)17(23)24)1-4-15(22)10-2-3-11-8-20-21-14(11)7-10;1-16-11(13)10(12)7-8-4-3-5-9(6-8)17(2,14)15;1-13-8(12)7-5(9)2-4(11)3-6(7)10;;;/h2-4,6-7,9-11,13-14,23-24,33H,5,8,12H2,1H3,(H,30,32)(H,31,34)(H,35,36);3-4,6-9,16,23H,2,5H2,1H3,(H,21,22);3-4,6-9,16,23H,1H3,(H,21,22);2-3,5-8,15,22H,1,4H2,(H,20,21)(H,23,24);3-6,10H,7,12H2,1-2H3;2-3H,1H3;1H4;1H;/q;;;;;;;;+1/p-1/t23-,24?;;;;10-;;;;/m0...0..../s1. The molecule has 764 valence electrons. The number of carbonyl (C=O) groups excluding carboxylic acids is 5. The number of nitrogens with zero attached hydrogens (tertiary/aromatic N) is 4. The Hall–Kier alpha value is -10.2. The van der Waals surface area contributed by atoms with Crippen molar-refractivity contribution in [1.29, 1.82) is 0 Å². The Labute approximate surface area is 931 Å². The number of hydrogen-bond donors (Lipinski definition) is 12. The van der Waals surface area contributed by atoms with Gasteiger partial charge in [0.1, 0.15) is 18.2 Å². The second-order valence-electron chi connectivity index (χ2n) is 31.6. The molecule has 0 aliphatic rings. The van der Waals surface area contributed by atoms with E-state index in [2.05, 4.69) is 99.5 Å². The summed E-state index contributed by atoms with van der Waals surface area (Å²) in [4.78, 5) is 81.8. The molecule has 15 rings (SSSR count). The molecule has 31 nitrogen and oxygen atoms in total. The number of aliphatic hydroxyl groups excluding tert-OH is 4. The summed E-state index contributed by atoms with van der Waals surface area (Å²) in [6.45, 7) is 0. The Morgan fingerprint density at radius 1 is 0.418 bits per heavy atom. The molecule has 6 atom stereocenters. The molecule has 0 bridgehead atoms. The summed E-state index contributed by atoms with van der Waals surface area (Å²) in [5, 5.41) is 95.6. The molecule has 4 unspecified atom stereocenters. The minimum atomic E-state index is -3.48. The third-order valence-corrected chi connectivity index (χ3v) is 27.3. The van der Waals surface area contributed by atoms with E-state index in [1.807, 2.05) is 60.7 Å². The number of aromatic nitrogens is 8. The molecule has 146 heavy (non-hydrogen) atoms. The molecule has 0 aliphatic heterocycles.